The van der Waals surface area contributed by atoms with Crippen LogP contribution in [-0.4, -0.2) is 32.6 Å². The highest BCUT2D eigenvalue weighted by atomic mass is 32.2. The molecule has 0 aliphatic heterocycles. The highest BCUT2D eigenvalue weighted by Gasteiger charge is 2.17. The first-order valence-corrected chi connectivity index (χ1v) is 9.70. The molecule has 0 spiro atoms. The molecule has 0 bridgehead atoms. The Hall–Kier alpha value is -3.04. The topological polar surface area (TPSA) is 90.4 Å². The van der Waals surface area contributed by atoms with Crippen LogP contribution in [0.25, 0.3) is 11.3 Å². The van der Waals surface area contributed by atoms with Crippen LogP contribution < -0.4 is 14.2 Å². The van der Waals surface area contributed by atoms with Gasteiger partial charge in [0.1, 0.15) is 12.1 Å². The Labute approximate surface area is 162 Å². The van der Waals surface area contributed by atoms with E-state index in [1.54, 1.807) is 25.3 Å². The fourth-order valence-electron chi connectivity index (χ4n) is 2.48. The van der Waals surface area contributed by atoms with Gasteiger partial charge in [-0.25, -0.2) is 27.5 Å². The molecule has 2 aromatic carbocycles. The minimum absolute atomic E-state index is 0.0288. The minimum Gasteiger partial charge on any atom is -0.497 e. The summed E-state index contributed by atoms with van der Waals surface area (Å²) in [6, 6.07) is 12.4. The van der Waals surface area contributed by atoms with Crippen LogP contribution in [0.5, 0.6) is 11.5 Å². The fraction of sp³-hybridized carbons (Fsp3) is 0.158. The summed E-state index contributed by atoms with van der Waals surface area (Å²) in [4.78, 5) is 8.09. The Morgan fingerprint density at radius 3 is 2.39 bits per heavy atom. The van der Waals surface area contributed by atoms with E-state index >= 15 is 0 Å². The first kappa shape index (κ1) is 19.7. The third-order valence-corrected chi connectivity index (χ3v) is 5.39. The van der Waals surface area contributed by atoms with E-state index in [1.807, 2.05) is 12.1 Å². The second kappa shape index (κ2) is 8.32. The zero-order chi connectivity index (χ0) is 20.1. The van der Waals surface area contributed by atoms with E-state index in [1.165, 1.54) is 25.6 Å². The summed E-state index contributed by atoms with van der Waals surface area (Å²) in [5, 5.41) is 0. The Bertz CT molecular complexity index is 1070. The van der Waals surface area contributed by atoms with Gasteiger partial charge in [-0.3, -0.25) is 0 Å². The SMILES string of the molecule is COc1ccc(-c2cc(CNS(=O)(=O)c3ccc(OC)c(F)c3)ncn2)cc1. The third kappa shape index (κ3) is 4.44. The third-order valence-electron chi connectivity index (χ3n) is 3.99. The Balaban J connectivity index is 1.76. The van der Waals surface area contributed by atoms with Crippen LogP contribution in [0.15, 0.2) is 59.8 Å². The molecule has 0 unspecified atom stereocenters. The van der Waals surface area contributed by atoms with E-state index in [0.717, 1.165) is 17.4 Å². The minimum atomic E-state index is -3.91. The summed E-state index contributed by atoms with van der Waals surface area (Å²) < 4.78 is 50.9. The number of benzene rings is 2. The quantitative estimate of drug-likeness (QED) is 0.652. The van der Waals surface area contributed by atoms with Crippen molar-refractivity contribution in [3.05, 3.63) is 66.4 Å². The summed E-state index contributed by atoms with van der Waals surface area (Å²) in [5.74, 6) is -0.0643. The average molecular weight is 403 g/mol. The molecule has 9 heteroatoms. The van der Waals surface area contributed by atoms with Crippen LogP contribution in [0.3, 0.4) is 0 Å². The molecular formula is C19H18FN3O4S. The van der Waals surface area contributed by atoms with E-state index in [-0.39, 0.29) is 17.2 Å². The highest BCUT2D eigenvalue weighted by Crippen LogP contribution is 2.22. The standard InChI is InChI=1S/C19H18FN3O4S/c1-26-15-5-3-13(4-6-15)18-9-14(21-12-22-18)11-23-28(24,25)16-7-8-19(27-2)17(20)10-16/h3-10,12,23H,11H2,1-2H3. The second-order valence-electron chi connectivity index (χ2n) is 5.74. The van der Waals surface area contributed by atoms with Crippen molar-refractivity contribution in [3.63, 3.8) is 0 Å². The summed E-state index contributed by atoms with van der Waals surface area (Å²) >= 11 is 0. The molecule has 0 fully saturated rings. The van der Waals surface area contributed by atoms with Gasteiger partial charge >= 0.3 is 0 Å². The van der Waals surface area contributed by atoms with Crippen molar-refractivity contribution in [1.29, 1.82) is 0 Å². The van der Waals surface area contributed by atoms with Gasteiger partial charge in [0.05, 0.1) is 37.0 Å². The molecule has 28 heavy (non-hydrogen) atoms. The number of halogens is 1. The summed E-state index contributed by atoms with van der Waals surface area (Å²) in [6.07, 6.45) is 1.36. The molecule has 0 saturated carbocycles. The lowest BCUT2D eigenvalue weighted by atomic mass is 10.1. The van der Waals surface area contributed by atoms with Gasteiger partial charge < -0.3 is 9.47 Å². The maximum atomic E-state index is 13.8. The monoisotopic (exact) mass is 403 g/mol. The van der Waals surface area contributed by atoms with Crippen molar-refractivity contribution in [1.82, 2.24) is 14.7 Å². The van der Waals surface area contributed by atoms with Gasteiger partial charge in [-0.1, -0.05) is 0 Å². The fourth-order valence-corrected chi connectivity index (χ4v) is 3.49. The van der Waals surface area contributed by atoms with Crippen molar-refractivity contribution in [2.45, 2.75) is 11.4 Å². The molecule has 146 valence electrons. The smallest absolute Gasteiger partial charge is 0.241 e. The lowest BCUT2D eigenvalue weighted by molar-refractivity contribution is 0.385. The molecule has 1 heterocycles. The number of sulfonamides is 1. The Morgan fingerprint density at radius 2 is 1.75 bits per heavy atom. The van der Waals surface area contributed by atoms with Crippen molar-refractivity contribution in [3.8, 4) is 22.8 Å². The maximum Gasteiger partial charge on any atom is 0.241 e. The second-order valence-corrected chi connectivity index (χ2v) is 7.51. The molecule has 0 amide bonds. The van der Waals surface area contributed by atoms with Crippen molar-refractivity contribution in [2.75, 3.05) is 14.2 Å². The van der Waals surface area contributed by atoms with Crippen molar-refractivity contribution < 1.29 is 22.3 Å². The lowest BCUT2D eigenvalue weighted by Gasteiger charge is -2.09. The van der Waals surface area contributed by atoms with Gasteiger partial charge in [-0.2, -0.15) is 0 Å². The number of hydrogen-bond acceptors (Lipinski definition) is 6. The molecule has 1 aromatic heterocycles. The number of rotatable bonds is 7. The van der Waals surface area contributed by atoms with Gasteiger partial charge in [0.25, 0.3) is 0 Å². The number of hydrogen-bond donors (Lipinski definition) is 1. The zero-order valence-corrected chi connectivity index (χ0v) is 16.0. The molecule has 0 aliphatic carbocycles. The van der Waals surface area contributed by atoms with Gasteiger partial charge in [-0.15, -0.1) is 0 Å². The molecule has 3 aromatic rings. The van der Waals surface area contributed by atoms with E-state index in [2.05, 4.69) is 14.7 Å². The first-order valence-electron chi connectivity index (χ1n) is 8.21. The van der Waals surface area contributed by atoms with Crippen molar-refractivity contribution in [2.24, 2.45) is 0 Å². The van der Waals surface area contributed by atoms with E-state index in [9.17, 15) is 12.8 Å². The van der Waals surface area contributed by atoms with Crippen LogP contribution in [0.4, 0.5) is 4.39 Å². The number of nitrogens with zero attached hydrogens (tertiary/aromatic N) is 2. The van der Waals surface area contributed by atoms with E-state index in [4.69, 9.17) is 9.47 Å². The van der Waals surface area contributed by atoms with Gasteiger partial charge in [0, 0.05) is 5.56 Å². The summed E-state index contributed by atoms with van der Waals surface area (Å²) in [7, 11) is -1.03. The molecule has 0 radical (unpaired) electrons. The Morgan fingerprint density at radius 1 is 1.00 bits per heavy atom. The zero-order valence-electron chi connectivity index (χ0n) is 15.2. The largest absolute Gasteiger partial charge is 0.497 e. The summed E-state index contributed by atoms with van der Waals surface area (Å²) in [5.41, 5.74) is 1.95. The van der Waals surface area contributed by atoms with Crippen LogP contribution in [0.2, 0.25) is 0 Å². The van der Waals surface area contributed by atoms with E-state index < -0.39 is 15.8 Å². The van der Waals surface area contributed by atoms with Crippen LogP contribution in [0, 0.1) is 5.82 Å². The first-order chi connectivity index (χ1) is 13.4. The number of methoxy groups -OCH3 is 2. The highest BCUT2D eigenvalue weighted by molar-refractivity contribution is 7.89. The number of aromatic nitrogens is 2. The van der Waals surface area contributed by atoms with Crippen LogP contribution >= 0.6 is 0 Å². The van der Waals surface area contributed by atoms with Crippen LogP contribution in [-0.2, 0) is 16.6 Å². The molecule has 3 rings (SSSR count). The molecule has 0 atom stereocenters. The van der Waals surface area contributed by atoms with E-state index in [0.29, 0.717) is 11.4 Å². The molecular weight excluding hydrogens is 385 g/mol. The molecule has 1 N–H and O–H groups in total. The Kier molecular flexibility index (Phi) is 5.86. The van der Waals surface area contributed by atoms with Crippen molar-refractivity contribution >= 4 is 10.0 Å². The summed E-state index contributed by atoms with van der Waals surface area (Å²) in [6.45, 7) is -0.0678. The maximum absolute atomic E-state index is 13.8. The van der Waals surface area contributed by atoms with Gasteiger partial charge in [-0.05, 0) is 48.5 Å². The van der Waals surface area contributed by atoms with Gasteiger partial charge in [0.2, 0.25) is 10.0 Å². The number of ether oxygens (including phenoxy) is 2. The number of nitrogens with one attached hydrogen (secondary N) is 1. The predicted octanol–water partition coefficient (Wildman–Crippen LogP) is 2.78. The molecule has 0 aliphatic rings. The van der Waals surface area contributed by atoms with Gasteiger partial charge in [0.15, 0.2) is 11.6 Å². The van der Waals surface area contributed by atoms with Crippen LogP contribution in [0.1, 0.15) is 5.69 Å². The normalized spacial score (nSPS) is 11.2. The molecule has 7 nitrogen and oxygen atoms in total. The average Bonchev–Trinajstić information content (AvgIpc) is 2.72. The lowest BCUT2D eigenvalue weighted by Crippen LogP contribution is -2.24. The molecule has 0 saturated heterocycles. The predicted molar refractivity (Wildman–Crippen MR) is 101 cm³/mol.